The summed E-state index contributed by atoms with van der Waals surface area (Å²) in [4.78, 5) is 7.66. The third-order valence-corrected chi connectivity index (χ3v) is 1.31. The Kier molecular flexibility index (Phi) is 2.48. The third-order valence-electron chi connectivity index (χ3n) is 1.14. The molecule has 0 unspecified atom stereocenters. The second kappa shape index (κ2) is 3.39. The second-order valence-electron chi connectivity index (χ2n) is 1.81. The van der Waals surface area contributed by atoms with Crippen LogP contribution in [0.15, 0.2) is 6.07 Å². The van der Waals surface area contributed by atoms with Crippen LogP contribution in [0.4, 0.5) is 5.82 Å². The highest BCUT2D eigenvalue weighted by Gasteiger charge is 1.99. The van der Waals surface area contributed by atoms with Gasteiger partial charge in [0.1, 0.15) is 5.82 Å². The fourth-order valence-electron chi connectivity index (χ4n) is 0.629. The van der Waals surface area contributed by atoms with E-state index in [1.165, 1.54) is 7.11 Å². The number of ether oxygens (including phenoxy) is 1. The lowest BCUT2D eigenvalue weighted by Gasteiger charge is -2.01. The summed E-state index contributed by atoms with van der Waals surface area (Å²) in [5.74, 6) is 1.09. The molecule has 0 saturated heterocycles. The van der Waals surface area contributed by atoms with Gasteiger partial charge in [-0.1, -0.05) is 0 Å². The first-order chi connectivity index (χ1) is 5.26. The summed E-state index contributed by atoms with van der Waals surface area (Å²) in [5, 5.41) is 3.00. The summed E-state index contributed by atoms with van der Waals surface area (Å²) in [6.45, 7) is 0. The molecule has 0 bridgehead atoms. The smallest absolute Gasteiger partial charge is 0.227 e. The van der Waals surface area contributed by atoms with E-state index in [0.717, 1.165) is 0 Å². The highest BCUT2D eigenvalue weighted by molar-refractivity contribution is 6.28. The van der Waals surface area contributed by atoms with Gasteiger partial charge < -0.3 is 10.1 Å². The summed E-state index contributed by atoms with van der Waals surface area (Å²) in [6.07, 6.45) is 0. The van der Waals surface area contributed by atoms with Gasteiger partial charge in [-0.25, -0.2) is 4.98 Å². The molecule has 0 saturated carbocycles. The van der Waals surface area contributed by atoms with Crippen LogP contribution in [-0.2, 0) is 0 Å². The maximum atomic E-state index is 5.57. The number of halogens is 1. The Labute approximate surface area is 69.6 Å². The average Bonchev–Trinajstić information content (AvgIpc) is 2.03. The molecular formula is C6H8ClN3O. The number of aromatic nitrogens is 2. The fraction of sp³-hybridized carbons (Fsp3) is 0.333. The van der Waals surface area contributed by atoms with Gasteiger partial charge in [0.15, 0.2) is 0 Å². The third kappa shape index (κ3) is 1.94. The van der Waals surface area contributed by atoms with Crippen LogP contribution >= 0.6 is 11.6 Å². The van der Waals surface area contributed by atoms with Gasteiger partial charge in [0.25, 0.3) is 0 Å². The molecule has 0 spiro atoms. The lowest BCUT2D eigenvalue weighted by atomic mass is 10.5. The lowest BCUT2D eigenvalue weighted by molar-refractivity contribution is 0.397. The minimum atomic E-state index is 0.175. The molecule has 1 rings (SSSR count). The van der Waals surface area contributed by atoms with Gasteiger partial charge in [0.2, 0.25) is 11.2 Å². The number of methoxy groups -OCH3 is 1. The van der Waals surface area contributed by atoms with E-state index in [9.17, 15) is 0 Å². The largest absolute Gasteiger partial charge is 0.481 e. The summed E-state index contributed by atoms with van der Waals surface area (Å²) >= 11 is 5.57. The first-order valence-electron chi connectivity index (χ1n) is 3.02. The van der Waals surface area contributed by atoms with Gasteiger partial charge in [-0.3, -0.25) is 0 Å². The van der Waals surface area contributed by atoms with Crippen molar-refractivity contribution in [1.82, 2.24) is 9.97 Å². The Hall–Kier alpha value is -1.03. The molecule has 60 valence electrons. The molecule has 0 aromatic carbocycles. The van der Waals surface area contributed by atoms with Crippen molar-refractivity contribution in [2.45, 2.75) is 0 Å². The SMILES string of the molecule is CNc1cc(OC)nc(Cl)n1. The molecule has 4 nitrogen and oxygen atoms in total. The Bertz CT molecular complexity index is 231. The van der Waals surface area contributed by atoms with E-state index in [1.807, 2.05) is 0 Å². The Morgan fingerprint density at radius 3 is 2.82 bits per heavy atom. The number of hydrogen-bond donors (Lipinski definition) is 1. The predicted molar refractivity (Wildman–Crippen MR) is 43.1 cm³/mol. The first-order valence-corrected chi connectivity index (χ1v) is 3.40. The summed E-state index contributed by atoms with van der Waals surface area (Å²) < 4.78 is 4.86. The molecule has 11 heavy (non-hydrogen) atoms. The van der Waals surface area contributed by atoms with Crippen molar-refractivity contribution >= 4 is 17.4 Å². The number of hydrogen-bond acceptors (Lipinski definition) is 4. The van der Waals surface area contributed by atoms with Gasteiger partial charge >= 0.3 is 0 Å². The Morgan fingerprint density at radius 2 is 2.27 bits per heavy atom. The van der Waals surface area contributed by atoms with Crippen LogP contribution in [0.2, 0.25) is 5.28 Å². The fourth-order valence-corrected chi connectivity index (χ4v) is 0.804. The molecule has 0 radical (unpaired) electrons. The quantitative estimate of drug-likeness (QED) is 0.683. The van der Waals surface area contributed by atoms with E-state index in [4.69, 9.17) is 16.3 Å². The lowest BCUT2D eigenvalue weighted by Crippen LogP contribution is -1.96. The molecule has 0 aliphatic rings. The van der Waals surface area contributed by atoms with Crippen LogP contribution in [0.25, 0.3) is 0 Å². The highest BCUT2D eigenvalue weighted by atomic mass is 35.5. The number of nitrogens with zero attached hydrogens (tertiary/aromatic N) is 2. The number of anilines is 1. The van der Waals surface area contributed by atoms with Crippen molar-refractivity contribution in [3.8, 4) is 5.88 Å². The Morgan fingerprint density at radius 1 is 1.55 bits per heavy atom. The highest BCUT2D eigenvalue weighted by Crippen LogP contribution is 2.14. The summed E-state index contributed by atoms with van der Waals surface area (Å²) in [5.41, 5.74) is 0. The van der Waals surface area contributed by atoms with Gasteiger partial charge in [0.05, 0.1) is 7.11 Å². The van der Waals surface area contributed by atoms with Gasteiger partial charge in [-0.15, -0.1) is 0 Å². The molecule has 0 amide bonds. The molecule has 0 aliphatic carbocycles. The maximum Gasteiger partial charge on any atom is 0.227 e. The maximum absolute atomic E-state index is 5.57. The van der Waals surface area contributed by atoms with Gasteiger partial charge in [-0.2, -0.15) is 4.98 Å². The zero-order valence-corrected chi connectivity index (χ0v) is 7.01. The molecule has 1 aromatic heterocycles. The zero-order chi connectivity index (χ0) is 8.27. The standard InChI is InChI=1S/C6H8ClN3O/c1-8-4-3-5(11-2)10-6(7)9-4/h3H,1-2H3,(H,8,9,10). The van der Waals surface area contributed by atoms with E-state index in [0.29, 0.717) is 11.7 Å². The van der Waals surface area contributed by atoms with Crippen molar-refractivity contribution in [1.29, 1.82) is 0 Å². The predicted octanol–water partition coefficient (Wildman–Crippen LogP) is 1.18. The van der Waals surface area contributed by atoms with Crippen LogP contribution in [0.3, 0.4) is 0 Å². The summed E-state index contributed by atoms with van der Waals surface area (Å²) in [6, 6.07) is 1.66. The minimum Gasteiger partial charge on any atom is -0.481 e. The van der Waals surface area contributed by atoms with Crippen LogP contribution in [0.5, 0.6) is 5.88 Å². The minimum absolute atomic E-state index is 0.175. The van der Waals surface area contributed by atoms with Crippen molar-refractivity contribution in [3.05, 3.63) is 11.3 Å². The first kappa shape index (κ1) is 8.07. The van der Waals surface area contributed by atoms with E-state index in [2.05, 4.69) is 15.3 Å². The van der Waals surface area contributed by atoms with Crippen LogP contribution in [0.1, 0.15) is 0 Å². The zero-order valence-electron chi connectivity index (χ0n) is 6.26. The molecule has 1 heterocycles. The van der Waals surface area contributed by atoms with Crippen molar-refractivity contribution < 1.29 is 4.74 Å². The number of rotatable bonds is 2. The molecule has 0 aliphatic heterocycles. The second-order valence-corrected chi connectivity index (χ2v) is 2.15. The molecule has 0 fully saturated rings. The van der Waals surface area contributed by atoms with Crippen molar-refractivity contribution in [3.63, 3.8) is 0 Å². The van der Waals surface area contributed by atoms with Crippen LogP contribution in [0, 0.1) is 0 Å². The van der Waals surface area contributed by atoms with E-state index in [-0.39, 0.29) is 5.28 Å². The topological polar surface area (TPSA) is 47.0 Å². The van der Waals surface area contributed by atoms with E-state index in [1.54, 1.807) is 13.1 Å². The van der Waals surface area contributed by atoms with Crippen LogP contribution < -0.4 is 10.1 Å². The molecule has 1 aromatic rings. The normalized spacial score (nSPS) is 9.36. The van der Waals surface area contributed by atoms with Gasteiger partial charge in [-0.05, 0) is 11.6 Å². The summed E-state index contributed by atoms with van der Waals surface area (Å²) in [7, 11) is 3.27. The number of nitrogens with one attached hydrogen (secondary N) is 1. The van der Waals surface area contributed by atoms with Crippen molar-refractivity contribution in [2.75, 3.05) is 19.5 Å². The Balaban J connectivity index is 3.02. The van der Waals surface area contributed by atoms with E-state index < -0.39 is 0 Å². The van der Waals surface area contributed by atoms with Gasteiger partial charge in [0, 0.05) is 13.1 Å². The van der Waals surface area contributed by atoms with Crippen molar-refractivity contribution in [2.24, 2.45) is 0 Å². The van der Waals surface area contributed by atoms with E-state index >= 15 is 0 Å². The molecule has 1 N–H and O–H groups in total. The average molecular weight is 174 g/mol. The molecular weight excluding hydrogens is 166 g/mol. The monoisotopic (exact) mass is 173 g/mol. The molecule has 0 atom stereocenters. The van der Waals surface area contributed by atoms with Crippen LogP contribution in [-0.4, -0.2) is 24.1 Å². The molecule has 5 heteroatoms.